The molecule has 0 saturated carbocycles. The van der Waals surface area contributed by atoms with Gasteiger partial charge in [-0.25, -0.2) is 4.98 Å². The van der Waals surface area contributed by atoms with Gasteiger partial charge in [0.25, 0.3) is 0 Å². The van der Waals surface area contributed by atoms with Crippen molar-refractivity contribution in [1.29, 1.82) is 0 Å². The van der Waals surface area contributed by atoms with Crippen LogP contribution in [0.25, 0.3) is 0 Å². The van der Waals surface area contributed by atoms with Gasteiger partial charge in [0.2, 0.25) is 0 Å². The second-order valence-corrected chi connectivity index (χ2v) is 1.73. The summed E-state index contributed by atoms with van der Waals surface area (Å²) >= 11 is 0. The van der Waals surface area contributed by atoms with Gasteiger partial charge in [-0.15, -0.1) is 0 Å². The van der Waals surface area contributed by atoms with Crippen LogP contribution >= 0.6 is 0 Å². The molecule has 11 heavy (non-hydrogen) atoms. The van der Waals surface area contributed by atoms with E-state index in [0.29, 0.717) is 0 Å². The summed E-state index contributed by atoms with van der Waals surface area (Å²) in [6.45, 7) is 0. The first-order valence-corrected chi connectivity index (χ1v) is 2.55. The number of nitrogen functional groups attached to an aromatic ring is 1. The van der Waals surface area contributed by atoms with Gasteiger partial charge in [0.05, 0.1) is 9.68 Å². The maximum Gasteiger partial charge on any atom is 0.419 e. The first kappa shape index (κ1) is 4.58. The van der Waals surface area contributed by atoms with Crippen LogP contribution in [0.2, 0.25) is 0 Å². The van der Waals surface area contributed by atoms with Crippen molar-refractivity contribution >= 4 is 5.82 Å². The van der Waals surface area contributed by atoms with Crippen molar-refractivity contribution in [2.24, 2.45) is 0 Å². The highest BCUT2D eigenvalue weighted by molar-refractivity contribution is 5.40. The summed E-state index contributed by atoms with van der Waals surface area (Å²) in [6, 6.07) is -2.00. The largest absolute Gasteiger partial charge is 0.419 e. The van der Waals surface area contributed by atoms with Crippen LogP contribution in [0.1, 0.15) is 9.68 Å². The lowest BCUT2D eigenvalue weighted by molar-refractivity contribution is -0.137. The van der Waals surface area contributed by atoms with E-state index in [9.17, 15) is 13.2 Å². The molecule has 60 valence electrons. The molecule has 2 nitrogen and oxygen atoms in total. The van der Waals surface area contributed by atoms with E-state index in [1.165, 1.54) is 0 Å². The van der Waals surface area contributed by atoms with Crippen LogP contribution in [0.5, 0.6) is 0 Å². The van der Waals surface area contributed by atoms with Gasteiger partial charge in [-0.3, -0.25) is 0 Å². The third kappa shape index (κ3) is 1.60. The molecule has 5 heteroatoms. The van der Waals surface area contributed by atoms with Crippen molar-refractivity contribution in [3.8, 4) is 0 Å². The average molecular weight is 165 g/mol. The number of nitrogens with zero attached hydrogens (tertiary/aromatic N) is 1. The first-order chi connectivity index (χ1) is 6.25. The minimum absolute atomic E-state index is 0.736. The zero-order chi connectivity index (χ0) is 11.1. The molecular weight excluding hydrogens is 157 g/mol. The van der Waals surface area contributed by atoms with Gasteiger partial charge in [0.1, 0.15) is 5.82 Å². The second kappa shape index (κ2) is 2.41. The number of rotatable bonds is 0. The predicted octanol–water partition coefficient (Wildman–Crippen LogP) is 1.68. The molecule has 2 N–H and O–H groups in total. The van der Waals surface area contributed by atoms with Gasteiger partial charge in [-0.1, -0.05) is 0 Å². The summed E-state index contributed by atoms with van der Waals surface area (Å²) in [5, 5.41) is 0. The van der Waals surface area contributed by atoms with Crippen LogP contribution < -0.4 is 5.73 Å². The van der Waals surface area contributed by atoms with Crippen molar-refractivity contribution in [1.82, 2.24) is 4.98 Å². The lowest BCUT2D eigenvalue weighted by Gasteiger charge is -2.06. The molecule has 0 amide bonds. The highest BCUT2D eigenvalue weighted by Crippen LogP contribution is 2.31. The van der Waals surface area contributed by atoms with Gasteiger partial charge >= 0.3 is 6.18 Å². The number of pyridine rings is 1. The minimum atomic E-state index is -4.82. The molecule has 0 aliphatic heterocycles. The normalized spacial score (nSPS) is 15.4. The molecule has 0 saturated heterocycles. The maximum absolute atomic E-state index is 12.2. The highest BCUT2D eigenvalue weighted by Gasteiger charge is 2.33. The Labute approximate surface area is 65.1 Å². The quantitative estimate of drug-likeness (QED) is 0.635. The summed E-state index contributed by atoms with van der Waals surface area (Å²) in [5.41, 5.74) is 3.46. The Bertz CT molecular complexity index is 378. The molecule has 0 fully saturated rings. The number of hydrogen-bond donors (Lipinski definition) is 1. The highest BCUT2D eigenvalue weighted by atomic mass is 19.4. The fourth-order valence-electron chi connectivity index (χ4n) is 0.515. The summed E-state index contributed by atoms with van der Waals surface area (Å²) in [4.78, 5) is 3.02. The second-order valence-electron chi connectivity index (χ2n) is 1.73. The first-order valence-electron chi connectivity index (χ1n) is 4.05. The van der Waals surface area contributed by atoms with Crippen molar-refractivity contribution in [2.75, 3.05) is 5.73 Å². The van der Waals surface area contributed by atoms with Crippen LogP contribution in [-0.4, -0.2) is 4.98 Å². The van der Waals surface area contributed by atoms with Crippen molar-refractivity contribution in [3.05, 3.63) is 23.8 Å². The lowest BCUT2D eigenvalue weighted by Crippen LogP contribution is -2.09. The van der Waals surface area contributed by atoms with E-state index in [1.54, 1.807) is 0 Å². The predicted molar refractivity (Wildman–Crippen MR) is 33.7 cm³/mol. The van der Waals surface area contributed by atoms with E-state index in [4.69, 9.17) is 9.85 Å². The van der Waals surface area contributed by atoms with Gasteiger partial charge in [0, 0.05) is 6.17 Å². The van der Waals surface area contributed by atoms with Gasteiger partial charge in [0.15, 0.2) is 0 Å². The average Bonchev–Trinajstić information content (AvgIpc) is 1.97. The van der Waals surface area contributed by atoms with E-state index >= 15 is 0 Å². The topological polar surface area (TPSA) is 38.9 Å². The van der Waals surface area contributed by atoms with Crippen LogP contribution in [0, 0.1) is 0 Å². The van der Waals surface area contributed by atoms with Crippen LogP contribution in [0.4, 0.5) is 19.0 Å². The molecule has 0 aliphatic carbocycles. The molecule has 0 radical (unpaired) electrons. The minimum Gasteiger partial charge on any atom is -0.383 e. The molecule has 0 spiro atoms. The van der Waals surface area contributed by atoms with Crippen molar-refractivity contribution in [3.63, 3.8) is 0 Å². The monoisotopic (exact) mass is 165 g/mol. The Kier molecular flexibility index (Phi) is 1.00. The van der Waals surface area contributed by atoms with E-state index in [2.05, 4.69) is 4.98 Å². The molecule has 1 aromatic heterocycles. The smallest absolute Gasteiger partial charge is 0.383 e. The third-order valence-electron chi connectivity index (χ3n) is 0.959. The fourth-order valence-corrected chi connectivity index (χ4v) is 0.515. The molecule has 0 unspecified atom stereocenters. The number of anilines is 1. The van der Waals surface area contributed by atoms with Gasteiger partial charge < -0.3 is 5.73 Å². The van der Waals surface area contributed by atoms with Crippen LogP contribution in [0.3, 0.4) is 0 Å². The molecule has 1 heterocycles. The van der Waals surface area contributed by atoms with Crippen molar-refractivity contribution < 1.29 is 17.3 Å². The number of alkyl halides is 3. The summed E-state index contributed by atoms with van der Waals surface area (Å²) < 4.78 is 57.6. The SMILES string of the molecule is [2H]c1nc(N)c(C(F)(F)F)c([2H])c1[2H]. The van der Waals surface area contributed by atoms with E-state index in [-0.39, 0.29) is 0 Å². The molecule has 0 bridgehead atoms. The summed E-state index contributed by atoms with van der Waals surface area (Å²) in [7, 11) is 0. The Balaban J connectivity index is 3.53. The molecule has 1 aromatic rings. The maximum atomic E-state index is 12.2. The Hall–Kier alpha value is -1.26. The van der Waals surface area contributed by atoms with E-state index in [0.717, 1.165) is 0 Å². The number of aromatic nitrogens is 1. The number of hydrogen-bond acceptors (Lipinski definition) is 2. The zero-order valence-corrected chi connectivity index (χ0v) is 5.16. The zero-order valence-electron chi connectivity index (χ0n) is 8.16. The summed E-state index contributed by atoms with van der Waals surface area (Å²) in [6.07, 6.45) is -5.56. The third-order valence-corrected chi connectivity index (χ3v) is 0.959. The van der Waals surface area contributed by atoms with Gasteiger partial charge in [-0.05, 0) is 12.1 Å². The van der Waals surface area contributed by atoms with Gasteiger partial charge in [-0.2, -0.15) is 13.2 Å². The Morgan fingerprint density at radius 1 is 1.55 bits per heavy atom. The van der Waals surface area contributed by atoms with E-state index < -0.39 is 35.8 Å². The molecule has 0 aliphatic rings. The lowest BCUT2D eigenvalue weighted by atomic mass is 10.2. The van der Waals surface area contributed by atoms with Crippen LogP contribution in [-0.2, 0) is 6.18 Å². The van der Waals surface area contributed by atoms with E-state index in [1.807, 2.05) is 0 Å². The molecule has 0 atom stereocenters. The standard InChI is InChI=1S/C6H5F3N2/c7-6(8,9)4-2-1-3-11-5(4)10/h1-3H,(H2,10,11)/i1D,2D,3D. The number of halogens is 3. The molecular formula is C6H5F3N2. The fraction of sp³-hybridized carbons (Fsp3) is 0.167. The van der Waals surface area contributed by atoms with Crippen molar-refractivity contribution in [2.45, 2.75) is 6.18 Å². The van der Waals surface area contributed by atoms with Crippen LogP contribution in [0.15, 0.2) is 18.3 Å². The summed E-state index contributed by atoms with van der Waals surface area (Å²) in [5.74, 6) is -0.941. The Morgan fingerprint density at radius 3 is 2.73 bits per heavy atom. The Morgan fingerprint density at radius 2 is 2.18 bits per heavy atom. The number of nitrogens with two attached hydrogens (primary N) is 1. The molecule has 0 aromatic carbocycles. The molecule has 1 rings (SSSR count).